The summed E-state index contributed by atoms with van der Waals surface area (Å²) < 4.78 is 15.9. The number of imidazole rings is 1. The van der Waals surface area contributed by atoms with Crippen LogP contribution in [0.5, 0.6) is 0 Å². The van der Waals surface area contributed by atoms with Crippen molar-refractivity contribution in [1.29, 1.82) is 0 Å². The molecule has 4 nitrogen and oxygen atoms in total. The van der Waals surface area contributed by atoms with Gasteiger partial charge >= 0.3 is 0 Å². The fraction of sp³-hybridized carbons (Fsp3) is 0.250. The van der Waals surface area contributed by atoms with Gasteiger partial charge in [0.2, 0.25) is 0 Å². The van der Waals surface area contributed by atoms with Crippen LogP contribution in [-0.4, -0.2) is 21.6 Å². The molecule has 0 aliphatic carbocycles. The van der Waals surface area contributed by atoms with Crippen molar-refractivity contribution in [2.75, 3.05) is 11.9 Å². The van der Waals surface area contributed by atoms with Crippen molar-refractivity contribution in [1.82, 2.24) is 14.5 Å². The highest BCUT2D eigenvalue weighted by Crippen LogP contribution is 2.28. The lowest BCUT2D eigenvalue weighted by Gasteiger charge is -2.21. The molecule has 3 aromatic rings. The van der Waals surface area contributed by atoms with Gasteiger partial charge in [-0.1, -0.05) is 12.1 Å². The molecule has 5 heteroatoms. The predicted molar refractivity (Wildman–Crippen MR) is 81.8 cm³/mol. The van der Waals surface area contributed by atoms with E-state index in [4.69, 9.17) is 0 Å². The molecule has 108 valence electrons. The molecule has 0 aliphatic heterocycles. The highest BCUT2D eigenvalue weighted by Gasteiger charge is 2.12. The summed E-state index contributed by atoms with van der Waals surface area (Å²) in [5, 5.41) is 0.817. The third-order valence-corrected chi connectivity index (χ3v) is 3.61. The first-order valence-electron chi connectivity index (χ1n) is 6.79. The van der Waals surface area contributed by atoms with Crippen LogP contribution in [0.3, 0.4) is 0 Å². The van der Waals surface area contributed by atoms with Crippen molar-refractivity contribution < 1.29 is 4.39 Å². The van der Waals surface area contributed by atoms with E-state index >= 15 is 0 Å². The van der Waals surface area contributed by atoms with E-state index < -0.39 is 0 Å². The van der Waals surface area contributed by atoms with Crippen LogP contribution in [0.15, 0.2) is 36.7 Å². The number of nitrogens with zero attached hydrogens (tertiary/aromatic N) is 4. The molecule has 0 radical (unpaired) electrons. The van der Waals surface area contributed by atoms with Crippen molar-refractivity contribution in [3.63, 3.8) is 0 Å². The second kappa shape index (κ2) is 5.16. The van der Waals surface area contributed by atoms with E-state index in [2.05, 4.69) is 14.9 Å². The van der Waals surface area contributed by atoms with E-state index in [-0.39, 0.29) is 5.82 Å². The number of hydrogen-bond acceptors (Lipinski definition) is 3. The van der Waals surface area contributed by atoms with E-state index in [0.29, 0.717) is 12.1 Å². The third kappa shape index (κ3) is 2.46. The summed E-state index contributed by atoms with van der Waals surface area (Å²) in [6.07, 6.45) is 3.69. The largest absolute Gasteiger partial charge is 0.367 e. The maximum Gasteiger partial charge on any atom is 0.149 e. The Labute approximate surface area is 122 Å². The van der Waals surface area contributed by atoms with Gasteiger partial charge in [-0.15, -0.1) is 0 Å². The van der Waals surface area contributed by atoms with Crippen LogP contribution in [0.4, 0.5) is 10.1 Å². The average molecular weight is 284 g/mol. The van der Waals surface area contributed by atoms with Gasteiger partial charge in [0.1, 0.15) is 17.2 Å². The van der Waals surface area contributed by atoms with Gasteiger partial charge in [-0.2, -0.15) is 0 Å². The molecule has 0 fully saturated rings. The molecule has 0 aliphatic rings. The van der Waals surface area contributed by atoms with Crippen LogP contribution in [0.2, 0.25) is 0 Å². The van der Waals surface area contributed by atoms with Crippen LogP contribution in [0.25, 0.3) is 10.9 Å². The van der Waals surface area contributed by atoms with Crippen LogP contribution in [0, 0.1) is 12.7 Å². The first-order valence-corrected chi connectivity index (χ1v) is 6.79. The number of benzene rings is 1. The number of rotatable bonds is 3. The quantitative estimate of drug-likeness (QED) is 0.741. The van der Waals surface area contributed by atoms with Gasteiger partial charge in [-0.05, 0) is 19.1 Å². The zero-order valence-electron chi connectivity index (χ0n) is 12.3. The molecule has 2 heterocycles. The number of aromatic nitrogens is 3. The number of anilines is 1. The van der Waals surface area contributed by atoms with Gasteiger partial charge < -0.3 is 9.47 Å². The Hall–Kier alpha value is -2.43. The van der Waals surface area contributed by atoms with E-state index in [9.17, 15) is 4.39 Å². The Balaban J connectivity index is 2.07. The zero-order valence-corrected chi connectivity index (χ0v) is 12.3. The molecule has 3 rings (SSSR count). The monoisotopic (exact) mass is 284 g/mol. The smallest absolute Gasteiger partial charge is 0.149 e. The van der Waals surface area contributed by atoms with E-state index in [1.54, 1.807) is 12.3 Å². The Morgan fingerprint density at radius 1 is 1.33 bits per heavy atom. The van der Waals surface area contributed by atoms with E-state index in [1.807, 2.05) is 43.9 Å². The predicted octanol–water partition coefficient (Wildman–Crippen LogP) is 3.05. The minimum Gasteiger partial charge on any atom is -0.367 e. The fourth-order valence-electron chi connectivity index (χ4n) is 2.48. The molecule has 0 spiro atoms. The van der Waals surface area contributed by atoms with Crippen molar-refractivity contribution in [2.45, 2.75) is 13.5 Å². The van der Waals surface area contributed by atoms with Crippen LogP contribution in [0.1, 0.15) is 11.5 Å². The first kappa shape index (κ1) is 13.5. The molecule has 0 amide bonds. The minimum atomic E-state index is -0.289. The minimum absolute atomic E-state index is 0.289. The molecular weight excluding hydrogens is 267 g/mol. The molecule has 0 saturated heterocycles. The van der Waals surface area contributed by atoms with Crippen molar-refractivity contribution >= 4 is 16.6 Å². The lowest BCUT2D eigenvalue weighted by molar-refractivity contribution is 0.636. The Bertz CT molecular complexity index is 794. The Morgan fingerprint density at radius 2 is 2.14 bits per heavy atom. The molecule has 21 heavy (non-hydrogen) atoms. The second-order valence-corrected chi connectivity index (χ2v) is 5.23. The summed E-state index contributed by atoms with van der Waals surface area (Å²) in [6, 6.07) is 7.03. The van der Waals surface area contributed by atoms with Crippen molar-refractivity contribution in [3.8, 4) is 0 Å². The van der Waals surface area contributed by atoms with E-state index in [0.717, 1.165) is 22.6 Å². The van der Waals surface area contributed by atoms with Crippen LogP contribution in [-0.2, 0) is 13.6 Å². The lowest BCUT2D eigenvalue weighted by Crippen LogP contribution is -2.19. The van der Waals surface area contributed by atoms with Crippen LogP contribution < -0.4 is 4.90 Å². The molecule has 0 bridgehead atoms. The summed E-state index contributed by atoms with van der Waals surface area (Å²) in [4.78, 5) is 10.7. The maximum atomic E-state index is 14.0. The average Bonchev–Trinajstić information content (AvgIpc) is 2.84. The number of halogens is 1. The Morgan fingerprint density at radius 3 is 2.86 bits per heavy atom. The molecule has 0 atom stereocenters. The van der Waals surface area contributed by atoms with Gasteiger partial charge in [0.25, 0.3) is 0 Å². The number of hydrogen-bond donors (Lipinski definition) is 0. The highest BCUT2D eigenvalue weighted by molar-refractivity contribution is 5.92. The first-order chi connectivity index (χ1) is 10.1. The van der Waals surface area contributed by atoms with Gasteiger partial charge in [0.05, 0.1) is 6.54 Å². The van der Waals surface area contributed by atoms with Gasteiger partial charge in [0.15, 0.2) is 0 Å². The molecule has 0 unspecified atom stereocenters. The fourth-order valence-corrected chi connectivity index (χ4v) is 2.48. The topological polar surface area (TPSA) is 34.0 Å². The van der Waals surface area contributed by atoms with Crippen molar-refractivity contribution in [2.24, 2.45) is 7.05 Å². The summed E-state index contributed by atoms with van der Waals surface area (Å²) in [5.74, 6) is 0.666. The lowest BCUT2D eigenvalue weighted by atomic mass is 10.1. The molecule has 0 saturated carbocycles. The summed E-state index contributed by atoms with van der Waals surface area (Å²) in [5.41, 5.74) is 2.17. The van der Waals surface area contributed by atoms with Gasteiger partial charge in [-0.25, -0.2) is 14.4 Å². The normalized spacial score (nSPS) is 11.0. The molecular formula is C16H17FN4. The number of pyridine rings is 1. The Kier molecular flexibility index (Phi) is 3.33. The zero-order chi connectivity index (χ0) is 15.0. The number of para-hydroxylation sites is 1. The standard InChI is InChI=1S/C16H17FN4/c1-11-9-14(12-5-4-6-13(17)16(12)19-11)21(3)10-15-18-7-8-20(15)2/h4-9H,10H2,1-3H3. The summed E-state index contributed by atoms with van der Waals surface area (Å²) in [6.45, 7) is 2.53. The second-order valence-electron chi connectivity index (χ2n) is 5.23. The van der Waals surface area contributed by atoms with E-state index in [1.165, 1.54) is 6.07 Å². The molecule has 0 N–H and O–H groups in total. The number of aryl methyl sites for hydroxylation is 2. The van der Waals surface area contributed by atoms with Crippen LogP contribution >= 0.6 is 0 Å². The summed E-state index contributed by atoms with van der Waals surface area (Å²) in [7, 11) is 3.94. The number of fused-ring (bicyclic) bond motifs is 1. The summed E-state index contributed by atoms with van der Waals surface area (Å²) >= 11 is 0. The third-order valence-electron chi connectivity index (χ3n) is 3.61. The van der Waals surface area contributed by atoms with Gasteiger partial charge in [-0.3, -0.25) is 0 Å². The SMILES string of the molecule is Cc1cc(N(C)Cc2nccn2C)c2cccc(F)c2n1. The maximum absolute atomic E-state index is 14.0. The van der Waals surface area contributed by atoms with Crippen molar-refractivity contribution in [3.05, 3.63) is 54.0 Å². The van der Waals surface area contributed by atoms with Gasteiger partial charge in [0, 0.05) is 43.3 Å². The molecule has 1 aromatic carbocycles. The molecule has 2 aromatic heterocycles. The highest BCUT2D eigenvalue weighted by atomic mass is 19.1.